The van der Waals surface area contributed by atoms with Crippen molar-refractivity contribution in [3.05, 3.63) is 35.6 Å². The van der Waals surface area contributed by atoms with Gasteiger partial charge in [0.15, 0.2) is 0 Å². The predicted molar refractivity (Wildman–Crippen MR) is 101 cm³/mol. The molecule has 1 aliphatic rings. The van der Waals surface area contributed by atoms with Crippen LogP contribution in [0.3, 0.4) is 0 Å². The third-order valence-corrected chi connectivity index (χ3v) is 4.81. The van der Waals surface area contributed by atoms with Crippen molar-refractivity contribution in [3.8, 4) is 0 Å². The van der Waals surface area contributed by atoms with Crippen LogP contribution in [0.5, 0.6) is 0 Å². The Morgan fingerprint density at radius 1 is 1.41 bits per heavy atom. The zero-order valence-electron chi connectivity index (χ0n) is 16.4. The number of ether oxygens (including phenoxy) is 2. The summed E-state index contributed by atoms with van der Waals surface area (Å²) in [7, 11) is 1.59. The number of aliphatic hydroxyl groups is 1. The predicted octanol–water partition coefficient (Wildman–Crippen LogP) is 1.63. The highest BCUT2D eigenvalue weighted by molar-refractivity contribution is 5.94. The third kappa shape index (κ3) is 6.84. The summed E-state index contributed by atoms with van der Waals surface area (Å²) in [5, 5.41) is 10.1. The van der Waals surface area contributed by atoms with Gasteiger partial charge in [-0.1, -0.05) is 13.8 Å². The molecule has 1 saturated heterocycles. The number of carbonyl (C=O) groups excluding carboxylic acids is 1. The Bertz CT molecular complexity index is 582. The number of β-amino-alcohol motifs (C(OH)–C–C–N with tert-alkyl or cyclic N) is 1. The van der Waals surface area contributed by atoms with E-state index in [2.05, 4.69) is 4.90 Å². The van der Waals surface area contributed by atoms with Crippen molar-refractivity contribution in [1.82, 2.24) is 9.80 Å². The van der Waals surface area contributed by atoms with Crippen molar-refractivity contribution in [2.24, 2.45) is 5.92 Å². The van der Waals surface area contributed by atoms with Gasteiger partial charge < -0.3 is 19.5 Å². The minimum absolute atomic E-state index is 0.139. The van der Waals surface area contributed by atoms with Crippen molar-refractivity contribution >= 4 is 5.91 Å². The normalized spacial score (nSPS) is 19.3. The summed E-state index contributed by atoms with van der Waals surface area (Å²) >= 11 is 0. The molecule has 7 heteroatoms. The number of benzene rings is 1. The van der Waals surface area contributed by atoms with Crippen LogP contribution < -0.4 is 0 Å². The SMILES string of the molecule is COCCN(C[C@@H]1CN(C[C@@H](O)C(C)C)CCO1)C(=O)c1ccc(F)cc1. The summed E-state index contributed by atoms with van der Waals surface area (Å²) in [6, 6.07) is 5.55. The fraction of sp³-hybridized carbons (Fsp3) is 0.650. The minimum atomic E-state index is -0.380. The topological polar surface area (TPSA) is 62.2 Å². The summed E-state index contributed by atoms with van der Waals surface area (Å²) in [5.74, 6) is -0.343. The van der Waals surface area contributed by atoms with Crippen LogP contribution in [0.1, 0.15) is 24.2 Å². The Morgan fingerprint density at radius 3 is 2.74 bits per heavy atom. The van der Waals surface area contributed by atoms with Gasteiger partial charge >= 0.3 is 0 Å². The van der Waals surface area contributed by atoms with Crippen molar-refractivity contribution in [2.45, 2.75) is 26.1 Å². The second kappa shape index (κ2) is 10.7. The molecule has 0 bridgehead atoms. The summed E-state index contributed by atoms with van der Waals surface area (Å²) in [5.41, 5.74) is 0.440. The van der Waals surface area contributed by atoms with Crippen LogP contribution in [-0.2, 0) is 9.47 Å². The van der Waals surface area contributed by atoms with E-state index in [9.17, 15) is 14.3 Å². The molecular formula is C20H31FN2O4. The first-order valence-electron chi connectivity index (χ1n) is 9.46. The molecule has 0 unspecified atom stereocenters. The Labute approximate surface area is 160 Å². The lowest BCUT2D eigenvalue weighted by atomic mass is 10.1. The van der Waals surface area contributed by atoms with Crippen molar-refractivity contribution in [3.63, 3.8) is 0 Å². The van der Waals surface area contributed by atoms with Gasteiger partial charge in [0, 0.05) is 45.4 Å². The Hall–Kier alpha value is -1.54. The second-order valence-corrected chi connectivity index (χ2v) is 7.31. The average Bonchev–Trinajstić information content (AvgIpc) is 2.65. The molecule has 2 rings (SSSR count). The number of hydrogen-bond donors (Lipinski definition) is 1. The summed E-state index contributed by atoms with van der Waals surface area (Å²) in [6.07, 6.45) is -0.520. The van der Waals surface area contributed by atoms with Gasteiger partial charge in [-0.2, -0.15) is 0 Å². The van der Waals surface area contributed by atoms with E-state index in [1.54, 1.807) is 12.0 Å². The molecular weight excluding hydrogens is 351 g/mol. The van der Waals surface area contributed by atoms with Gasteiger partial charge in [-0.25, -0.2) is 4.39 Å². The number of morpholine rings is 1. The molecule has 1 aliphatic heterocycles. The van der Waals surface area contributed by atoms with E-state index in [1.165, 1.54) is 24.3 Å². The maximum Gasteiger partial charge on any atom is 0.254 e. The molecule has 1 fully saturated rings. The van der Waals surface area contributed by atoms with Crippen LogP contribution >= 0.6 is 0 Å². The number of rotatable bonds is 9. The average molecular weight is 382 g/mol. The molecule has 0 radical (unpaired) electrons. The molecule has 1 aromatic rings. The Kier molecular flexibility index (Phi) is 8.63. The second-order valence-electron chi connectivity index (χ2n) is 7.31. The quantitative estimate of drug-likeness (QED) is 0.703. The van der Waals surface area contributed by atoms with E-state index >= 15 is 0 Å². The van der Waals surface area contributed by atoms with Crippen LogP contribution in [0, 0.1) is 11.7 Å². The lowest BCUT2D eigenvalue weighted by Crippen LogP contribution is -2.51. The first-order chi connectivity index (χ1) is 12.9. The highest BCUT2D eigenvalue weighted by Crippen LogP contribution is 2.13. The van der Waals surface area contributed by atoms with E-state index in [0.29, 0.717) is 45.0 Å². The first-order valence-corrected chi connectivity index (χ1v) is 9.46. The number of nitrogens with zero attached hydrogens (tertiary/aromatic N) is 2. The highest BCUT2D eigenvalue weighted by atomic mass is 19.1. The lowest BCUT2D eigenvalue weighted by Gasteiger charge is -2.37. The number of methoxy groups -OCH3 is 1. The van der Waals surface area contributed by atoms with Gasteiger partial charge in [-0.15, -0.1) is 0 Å². The van der Waals surface area contributed by atoms with Gasteiger partial charge in [0.2, 0.25) is 0 Å². The van der Waals surface area contributed by atoms with Crippen LogP contribution in [0.2, 0.25) is 0 Å². The van der Waals surface area contributed by atoms with Gasteiger partial charge in [0.05, 0.1) is 25.4 Å². The zero-order valence-corrected chi connectivity index (χ0v) is 16.4. The first kappa shape index (κ1) is 21.8. The Morgan fingerprint density at radius 2 is 2.11 bits per heavy atom. The molecule has 27 heavy (non-hydrogen) atoms. The molecule has 1 amide bonds. The number of hydrogen-bond acceptors (Lipinski definition) is 5. The summed E-state index contributed by atoms with van der Waals surface area (Å²) in [4.78, 5) is 16.7. The molecule has 0 aliphatic carbocycles. The molecule has 0 aromatic heterocycles. The molecule has 152 valence electrons. The zero-order chi connectivity index (χ0) is 19.8. The largest absolute Gasteiger partial charge is 0.392 e. The summed E-state index contributed by atoms with van der Waals surface area (Å²) in [6.45, 7) is 7.85. The van der Waals surface area contributed by atoms with E-state index in [1.807, 2.05) is 13.8 Å². The van der Waals surface area contributed by atoms with E-state index in [-0.39, 0.29) is 29.9 Å². The standard InChI is InChI=1S/C20H31FN2O4/c1-15(2)19(24)14-22-8-11-27-18(12-22)13-23(9-10-26-3)20(25)16-4-6-17(21)7-5-16/h4-7,15,18-19,24H,8-14H2,1-3H3/t18-,19+/m0/s1. The van der Waals surface area contributed by atoms with Gasteiger partial charge in [0.25, 0.3) is 5.91 Å². The smallest absolute Gasteiger partial charge is 0.254 e. The highest BCUT2D eigenvalue weighted by Gasteiger charge is 2.27. The van der Waals surface area contributed by atoms with Crippen molar-refractivity contribution in [1.29, 1.82) is 0 Å². The van der Waals surface area contributed by atoms with E-state index in [4.69, 9.17) is 9.47 Å². The molecule has 6 nitrogen and oxygen atoms in total. The fourth-order valence-electron chi connectivity index (χ4n) is 3.03. The molecule has 1 aromatic carbocycles. The monoisotopic (exact) mass is 382 g/mol. The van der Waals surface area contributed by atoms with Crippen molar-refractivity contribution in [2.75, 3.05) is 53.0 Å². The van der Waals surface area contributed by atoms with E-state index in [0.717, 1.165) is 6.54 Å². The molecule has 1 N–H and O–H groups in total. The third-order valence-electron chi connectivity index (χ3n) is 4.81. The van der Waals surface area contributed by atoms with Gasteiger partial charge in [-0.05, 0) is 30.2 Å². The van der Waals surface area contributed by atoms with E-state index < -0.39 is 0 Å². The molecule has 2 atom stereocenters. The molecule has 0 spiro atoms. The maximum atomic E-state index is 13.1. The lowest BCUT2D eigenvalue weighted by molar-refractivity contribution is -0.0551. The molecule has 0 saturated carbocycles. The summed E-state index contributed by atoms with van der Waals surface area (Å²) < 4.78 is 24.1. The molecule has 1 heterocycles. The maximum absolute atomic E-state index is 13.1. The number of amides is 1. The van der Waals surface area contributed by atoms with Crippen molar-refractivity contribution < 1.29 is 23.8 Å². The van der Waals surface area contributed by atoms with Crippen LogP contribution in [0.4, 0.5) is 4.39 Å². The van der Waals surface area contributed by atoms with Crippen LogP contribution in [0.25, 0.3) is 0 Å². The van der Waals surface area contributed by atoms with Crippen LogP contribution in [-0.4, -0.2) is 86.1 Å². The van der Waals surface area contributed by atoms with Gasteiger partial charge in [-0.3, -0.25) is 9.69 Å². The van der Waals surface area contributed by atoms with Crippen LogP contribution in [0.15, 0.2) is 24.3 Å². The number of aliphatic hydroxyl groups excluding tert-OH is 1. The number of halogens is 1. The fourth-order valence-corrected chi connectivity index (χ4v) is 3.03. The van der Waals surface area contributed by atoms with Gasteiger partial charge in [0.1, 0.15) is 5.82 Å². The Balaban J connectivity index is 1.99. The minimum Gasteiger partial charge on any atom is -0.392 e. The number of carbonyl (C=O) groups is 1.